The predicted octanol–water partition coefficient (Wildman–Crippen LogP) is 2.31. The normalized spacial score (nSPS) is 17.3. The number of rotatable bonds is 6. The Morgan fingerprint density at radius 1 is 1.29 bits per heavy atom. The number of hydrogen-bond donors (Lipinski definition) is 3. The van der Waals surface area contributed by atoms with Gasteiger partial charge in [-0.05, 0) is 32.8 Å². The highest BCUT2D eigenvalue weighted by atomic mass is 32.2. The van der Waals surface area contributed by atoms with Crippen LogP contribution in [0.15, 0.2) is 30.1 Å². The van der Waals surface area contributed by atoms with Crippen molar-refractivity contribution in [1.29, 1.82) is 0 Å². The SMILES string of the molecule is CC(C)S(=O)(=O)NCC1=CC(c2nc3cc(F)c(F)cc3n2C2CC2)=CNN1. The van der Waals surface area contributed by atoms with Gasteiger partial charge in [-0.3, -0.25) is 0 Å². The second kappa shape index (κ2) is 6.85. The van der Waals surface area contributed by atoms with Crippen molar-refractivity contribution < 1.29 is 17.2 Å². The molecule has 0 atom stereocenters. The van der Waals surface area contributed by atoms with E-state index in [1.807, 2.05) is 4.57 Å². The molecule has 0 bridgehead atoms. The summed E-state index contributed by atoms with van der Waals surface area (Å²) in [5.41, 5.74) is 8.02. The van der Waals surface area contributed by atoms with Crippen molar-refractivity contribution in [3.8, 4) is 0 Å². The highest BCUT2D eigenvalue weighted by molar-refractivity contribution is 7.90. The number of aromatic nitrogens is 2. The van der Waals surface area contributed by atoms with E-state index in [-0.39, 0.29) is 12.6 Å². The average molecular weight is 409 g/mol. The zero-order valence-corrected chi connectivity index (χ0v) is 16.3. The molecule has 1 aromatic heterocycles. The van der Waals surface area contributed by atoms with Crippen LogP contribution in [0.5, 0.6) is 0 Å². The van der Waals surface area contributed by atoms with Gasteiger partial charge in [0.15, 0.2) is 11.6 Å². The predicted molar refractivity (Wildman–Crippen MR) is 102 cm³/mol. The second-order valence-electron chi connectivity index (χ2n) is 7.25. The van der Waals surface area contributed by atoms with Crippen molar-refractivity contribution in [2.75, 3.05) is 6.54 Å². The van der Waals surface area contributed by atoms with Crippen LogP contribution >= 0.6 is 0 Å². The van der Waals surface area contributed by atoms with E-state index in [1.165, 1.54) is 6.07 Å². The molecular formula is C18H21F2N5O2S. The molecule has 1 aliphatic carbocycles. The van der Waals surface area contributed by atoms with E-state index in [1.54, 1.807) is 26.1 Å². The Kier molecular flexibility index (Phi) is 4.62. The lowest BCUT2D eigenvalue weighted by molar-refractivity contribution is 0.510. The van der Waals surface area contributed by atoms with E-state index >= 15 is 0 Å². The van der Waals surface area contributed by atoms with Crippen LogP contribution in [-0.4, -0.2) is 29.8 Å². The summed E-state index contributed by atoms with van der Waals surface area (Å²) in [5, 5.41) is -0.538. The zero-order chi connectivity index (χ0) is 20.1. The molecule has 0 spiro atoms. The minimum absolute atomic E-state index is 0.0811. The monoisotopic (exact) mass is 409 g/mol. The molecule has 2 aromatic rings. The van der Waals surface area contributed by atoms with Gasteiger partial charge in [0.1, 0.15) is 5.82 Å². The standard InChI is InChI=1S/C18H21F2N5O2S/c1-10(2)28(26,27)22-9-12-5-11(8-21-24-12)18-23-16-6-14(19)15(20)7-17(16)25(18)13-3-4-13/h5-8,10,13,21-22,24H,3-4,9H2,1-2H3. The van der Waals surface area contributed by atoms with Crippen LogP contribution in [0.25, 0.3) is 16.6 Å². The highest BCUT2D eigenvalue weighted by Gasteiger charge is 2.30. The van der Waals surface area contributed by atoms with Gasteiger partial charge in [0.25, 0.3) is 0 Å². The van der Waals surface area contributed by atoms with Gasteiger partial charge in [0.05, 0.1) is 22.8 Å². The largest absolute Gasteiger partial charge is 0.321 e. The summed E-state index contributed by atoms with van der Waals surface area (Å²) < 4.78 is 55.8. The first kappa shape index (κ1) is 18.9. The van der Waals surface area contributed by atoms with Gasteiger partial charge < -0.3 is 15.4 Å². The molecule has 0 saturated heterocycles. The minimum Gasteiger partial charge on any atom is -0.321 e. The van der Waals surface area contributed by atoms with E-state index in [0.29, 0.717) is 28.1 Å². The van der Waals surface area contributed by atoms with Gasteiger partial charge >= 0.3 is 0 Å². The molecule has 2 heterocycles. The fourth-order valence-corrected chi connectivity index (χ4v) is 3.73. The maximum Gasteiger partial charge on any atom is 0.214 e. The number of hydrogen-bond acceptors (Lipinski definition) is 5. The van der Waals surface area contributed by atoms with E-state index in [4.69, 9.17) is 0 Å². The number of benzene rings is 1. The Balaban J connectivity index is 1.69. The smallest absolute Gasteiger partial charge is 0.214 e. The summed E-state index contributed by atoms with van der Waals surface area (Å²) in [6.45, 7) is 3.29. The van der Waals surface area contributed by atoms with Crippen molar-refractivity contribution in [3.63, 3.8) is 0 Å². The summed E-state index contributed by atoms with van der Waals surface area (Å²) in [6.07, 6.45) is 5.35. The zero-order valence-electron chi connectivity index (χ0n) is 15.5. The van der Waals surface area contributed by atoms with Crippen molar-refractivity contribution in [3.05, 3.63) is 47.6 Å². The van der Waals surface area contributed by atoms with E-state index in [2.05, 4.69) is 20.6 Å². The number of hydrazine groups is 1. The molecule has 2 aliphatic rings. The Morgan fingerprint density at radius 2 is 2.00 bits per heavy atom. The first-order valence-electron chi connectivity index (χ1n) is 9.04. The molecule has 0 unspecified atom stereocenters. The summed E-state index contributed by atoms with van der Waals surface area (Å²) >= 11 is 0. The van der Waals surface area contributed by atoms with Gasteiger partial charge in [-0.1, -0.05) is 0 Å². The molecule has 28 heavy (non-hydrogen) atoms. The molecule has 1 fully saturated rings. The third-order valence-corrected chi connectivity index (χ3v) is 6.56. The average Bonchev–Trinajstić information content (AvgIpc) is 3.42. The fourth-order valence-electron chi connectivity index (χ4n) is 3.04. The topological polar surface area (TPSA) is 88.0 Å². The summed E-state index contributed by atoms with van der Waals surface area (Å²) in [4.78, 5) is 4.51. The van der Waals surface area contributed by atoms with Gasteiger partial charge in [0, 0.05) is 35.6 Å². The molecule has 3 N–H and O–H groups in total. The number of imidazole rings is 1. The molecule has 7 nitrogen and oxygen atoms in total. The quantitative estimate of drug-likeness (QED) is 0.682. The lowest BCUT2D eigenvalue weighted by Gasteiger charge is -2.19. The van der Waals surface area contributed by atoms with E-state index in [9.17, 15) is 17.2 Å². The Morgan fingerprint density at radius 3 is 2.68 bits per heavy atom. The molecule has 150 valence electrons. The molecule has 4 rings (SSSR count). The molecule has 1 saturated carbocycles. The number of nitrogens with zero attached hydrogens (tertiary/aromatic N) is 2. The Labute approximate surface area is 161 Å². The number of halogens is 2. The summed E-state index contributed by atoms with van der Waals surface area (Å²) in [6, 6.07) is 2.47. The van der Waals surface area contributed by atoms with Crippen molar-refractivity contribution in [2.45, 2.75) is 38.0 Å². The van der Waals surface area contributed by atoms with Crippen LogP contribution in [0.1, 0.15) is 38.6 Å². The molecule has 1 aliphatic heterocycles. The van der Waals surface area contributed by atoms with Crippen LogP contribution in [0.4, 0.5) is 8.78 Å². The highest BCUT2D eigenvalue weighted by Crippen LogP contribution is 2.40. The summed E-state index contributed by atoms with van der Waals surface area (Å²) in [7, 11) is -3.40. The third-order valence-electron chi connectivity index (χ3n) is 4.78. The maximum atomic E-state index is 13.8. The Hall–Kier alpha value is -2.46. The van der Waals surface area contributed by atoms with Gasteiger partial charge in [-0.2, -0.15) is 0 Å². The van der Waals surface area contributed by atoms with E-state index in [0.717, 1.165) is 18.9 Å². The Bertz CT molecular complexity index is 1100. The molecule has 0 amide bonds. The number of nitrogens with one attached hydrogen (secondary N) is 3. The maximum absolute atomic E-state index is 13.8. The minimum atomic E-state index is -3.40. The fraction of sp³-hybridized carbons (Fsp3) is 0.389. The lowest BCUT2D eigenvalue weighted by atomic mass is 10.2. The van der Waals surface area contributed by atoms with Crippen LogP contribution in [0.2, 0.25) is 0 Å². The molecule has 10 heteroatoms. The summed E-state index contributed by atoms with van der Waals surface area (Å²) in [5.74, 6) is -1.26. The van der Waals surface area contributed by atoms with Crippen LogP contribution in [-0.2, 0) is 10.0 Å². The number of fused-ring (bicyclic) bond motifs is 1. The van der Waals surface area contributed by atoms with Crippen LogP contribution < -0.4 is 15.6 Å². The number of allylic oxidation sites excluding steroid dienone is 2. The molecular weight excluding hydrogens is 388 g/mol. The second-order valence-corrected chi connectivity index (χ2v) is 9.57. The molecule has 1 aromatic carbocycles. The third kappa shape index (κ3) is 3.49. The van der Waals surface area contributed by atoms with Crippen LogP contribution in [0.3, 0.4) is 0 Å². The lowest BCUT2D eigenvalue weighted by Crippen LogP contribution is -2.38. The van der Waals surface area contributed by atoms with Gasteiger partial charge in [-0.15, -0.1) is 0 Å². The number of sulfonamides is 1. The van der Waals surface area contributed by atoms with E-state index < -0.39 is 26.9 Å². The van der Waals surface area contributed by atoms with Crippen molar-refractivity contribution in [2.24, 2.45) is 0 Å². The van der Waals surface area contributed by atoms with Gasteiger partial charge in [0.2, 0.25) is 10.0 Å². The van der Waals surface area contributed by atoms with Crippen molar-refractivity contribution >= 4 is 26.6 Å². The van der Waals surface area contributed by atoms with Crippen LogP contribution in [0, 0.1) is 11.6 Å². The van der Waals surface area contributed by atoms with Gasteiger partial charge in [-0.25, -0.2) is 26.9 Å². The first-order valence-corrected chi connectivity index (χ1v) is 10.6. The molecule has 0 radical (unpaired) electrons. The van der Waals surface area contributed by atoms with Crippen molar-refractivity contribution in [1.82, 2.24) is 25.1 Å². The first-order chi connectivity index (χ1) is 13.3.